The second-order valence-electron chi connectivity index (χ2n) is 5.32. The highest BCUT2D eigenvalue weighted by Gasteiger charge is 2.14. The van der Waals surface area contributed by atoms with Crippen molar-refractivity contribution in [2.24, 2.45) is 7.05 Å². The van der Waals surface area contributed by atoms with Gasteiger partial charge in [0.15, 0.2) is 0 Å². The highest BCUT2D eigenvalue weighted by molar-refractivity contribution is 5.86. The third kappa shape index (κ3) is 2.50. The number of aryl methyl sites for hydroxylation is 1. The van der Waals surface area contributed by atoms with Crippen LogP contribution in [0.2, 0.25) is 0 Å². The Balaban J connectivity index is 2.11. The summed E-state index contributed by atoms with van der Waals surface area (Å²) >= 11 is 0. The van der Waals surface area contributed by atoms with Crippen LogP contribution in [-0.2, 0) is 20.1 Å². The second kappa shape index (κ2) is 6.06. The summed E-state index contributed by atoms with van der Waals surface area (Å²) in [5.41, 5.74) is 2.74. The van der Waals surface area contributed by atoms with E-state index in [9.17, 15) is 4.79 Å². The van der Waals surface area contributed by atoms with E-state index < -0.39 is 0 Å². The lowest BCUT2D eigenvalue weighted by molar-refractivity contribution is 0.306. The summed E-state index contributed by atoms with van der Waals surface area (Å²) in [6.07, 6.45) is 0.654. The number of pyridine rings is 1. The number of rotatable bonds is 4. The Morgan fingerprint density at radius 3 is 2.41 bits per heavy atom. The predicted octanol–water partition coefficient (Wildman–Crippen LogP) is 3.68. The summed E-state index contributed by atoms with van der Waals surface area (Å²) in [6.45, 7) is 2.45. The first-order valence-corrected chi connectivity index (χ1v) is 7.49. The maximum absolute atomic E-state index is 12.5. The lowest BCUT2D eigenvalue weighted by Gasteiger charge is -2.15. The molecule has 0 atom stereocenters. The Bertz CT molecular complexity index is 850. The lowest BCUT2D eigenvalue weighted by atomic mass is 10.1. The highest BCUT2D eigenvalue weighted by Crippen LogP contribution is 2.28. The van der Waals surface area contributed by atoms with Gasteiger partial charge in [0.1, 0.15) is 12.4 Å². The van der Waals surface area contributed by atoms with E-state index in [0.717, 1.165) is 22.0 Å². The molecule has 1 heterocycles. The normalized spacial score (nSPS) is 10.8. The molecule has 3 aromatic rings. The first kappa shape index (κ1) is 14.4. The van der Waals surface area contributed by atoms with E-state index in [2.05, 4.69) is 0 Å². The third-order valence-electron chi connectivity index (χ3n) is 3.93. The van der Waals surface area contributed by atoms with Crippen LogP contribution in [0.3, 0.4) is 0 Å². The zero-order valence-electron chi connectivity index (χ0n) is 12.9. The number of hydrogen-bond donors (Lipinski definition) is 0. The SMILES string of the molecule is CCc1c(OCc2ccccc2)c2ccccc2n(C)c1=O. The van der Waals surface area contributed by atoms with Gasteiger partial charge in [-0.1, -0.05) is 49.4 Å². The molecule has 0 unspecified atom stereocenters. The van der Waals surface area contributed by atoms with E-state index in [4.69, 9.17) is 4.74 Å². The fraction of sp³-hybridized carbons (Fsp3) is 0.211. The predicted molar refractivity (Wildman–Crippen MR) is 89.3 cm³/mol. The molecule has 0 bridgehead atoms. The molecule has 1 aromatic heterocycles. The molecule has 0 N–H and O–H groups in total. The highest BCUT2D eigenvalue weighted by atomic mass is 16.5. The zero-order valence-corrected chi connectivity index (χ0v) is 12.9. The minimum atomic E-state index is 0.0178. The van der Waals surface area contributed by atoms with Crippen molar-refractivity contribution in [3.63, 3.8) is 0 Å². The molecule has 0 fully saturated rings. The maximum Gasteiger partial charge on any atom is 0.257 e. The molecule has 112 valence electrons. The van der Waals surface area contributed by atoms with E-state index in [1.54, 1.807) is 4.57 Å². The minimum Gasteiger partial charge on any atom is -0.488 e. The number of aromatic nitrogens is 1. The van der Waals surface area contributed by atoms with Crippen LogP contribution < -0.4 is 10.3 Å². The van der Waals surface area contributed by atoms with E-state index in [-0.39, 0.29) is 5.56 Å². The molecule has 3 nitrogen and oxygen atoms in total. The molecule has 0 aliphatic carbocycles. The van der Waals surface area contributed by atoms with Crippen molar-refractivity contribution in [1.29, 1.82) is 0 Å². The van der Waals surface area contributed by atoms with Crippen molar-refractivity contribution in [2.45, 2.75) is 20.0 Å². The Labute approximate surface area is 129 Å². The van der Waals surface area contributed by atoms with Crippen LogP contribution in [-0.4, -0.2) is 4.57 Å². The second-order valence-corrected chi connectivity index (χ2v) is 5.32. The van der Waals surface area contributed by atoms with Crippen molar-refractivity contribution < 1.29 is 4.74 Å². The number of benzene rings is 2. The van der Waals surface area contributed by atoms with Gasteiger partial charge in [-0.05, 0) is 24.1 Å². The molecular formula is C19H19NO2. The van der Waals surface area contributed by atoms with Gasteiger partial charge in [0, 0.05) is 12.4 Å². The fourth-order valence-electron chi connectivity index (χ4n) is 2.74. The minimum absolute atomic E-state index is 0.0178. The van der Waals surface area contributed by atoms with Gasteiger partial charge in [0.2, 0.25) is 0 Å². The molecule has 0 amide bonds. The summed E-state index contributed by atoms with van der Waals surface area (Å²) in [7, 11) is 1.81. The number of nitrogens with zero attached hydrogens (tertiary/aromatic N) is 1. The van der Waals surface area contributed by atoms with Crippen LogP contribution in [0.1, 0.15) is 18.1 Å². The number of para-hydroxylation sites is 1. The van der Waals surface area contributed by atoms with E-state index in [1.165, 1.54) is 0 Å². The fourth-order valence-corrected chi connectivity index (χ4v) is 2.74. The summed E-state index contributed by atoms with van der Waals surface area (Å²) in [5, 5.41) is 0.984. The van der Waals surface area contributed by atoms with Gasteiger partial charge in [-0.15, -0.1) is 0 Å². The summed E-state index contributed by atoms with van der Waals surface area (Å²) in [5.74, 6) is 0.713. The summed E-state index contributed by atoms with van der Waals surface area (Å²) in [6, 6.07) is 17.9. The van der Waals surface area contributed by atoms with Crippen LogP contribution in [0.5, 0.6) is 5.75 Å². The van der Waals surface area contributed by atoms with Gasteiger partial charge in [-0.2, -0.15) is 0 Å². The van der Waals surface area contributed by atoms with Crippen molar-refractivity contribution in [1.82, 2.24) is 4.57 Å². The topological polar surface area (TPSA) is 31.2 Å². The average molecular weight is 293 g/mol. The summed E-state index contributed by atoms with van der Waals surface area (Å²) < 4.78 is 7.75. The van der Waals surface area contributed by atoms with Gasteiger partial charge >= 0.3 is 0 Å². The largest absolute Gasteiger partial charge is 0.488 e. The first-order chi connectivity index (χ1) is 10.7. The molecule has 2 aromatic carbocycles. The third-order valence-corrected chi connectivity index (χ3v) is 3.93. The Kier molecular flexibility index (Phi) is 3.96. The molecule has 0 saturated carbocycles. The van der Waals surface area contributed by atoms with E-state index in [1.807, 2.05) is 68.6 Å². The van der Waals surface area contributed by atoms with Gasteiger partial charge in [-0.3, -0.25) is 4.79 Å². The number of ether oxygens (including phenoxy) is 1. The zero-order chi connectivity index (χ0) is 15.5. The van der Waals surface area contributed by atoms with Crippen molar-refractivity contribution in [3.8, 4) is 5.75 Å². The molecule has 0 spiro atoms. The Morgan fingerprint density at radius 2 is 1.68 bits per heavy atom. The first-order valence-electron chi connectivity index (χ1n) is 7.49. The smallest absolute Gasteiger partial charge is 0.257 e. The standard InChI is InChI=1S/C19H19NO2/c1-3-15-18(22-13-14-9-5-4-6-10-14)16-11-7-8-12-17(16)20(2)19(15)21/h4-12H,3,13H2,1-2H3. The van der Waals surface area contributed by atoms with Crippen LogP contribution >= 0.6 is 0 Å². The number of fused-ring (bicyclic) bond motifs is 1. The van der Waals surface area contributed by atoms with Crippen LogP contribution in [0.4, 0.5) is 0 Å². The lowest BCUT2D eigenvalue weighted by Crippen LogP contribution is -2.22. The Hall–Kier alpha value is -2.55. The van der Waals surface area contributed by atoms with Crippen LogP contribution in [0, 0.1) is 0 Å². The molecule has 0 aliphatic rings. The van der Waals surface area contributed by atoms with Crippen molar-refractivity contribution >= 4 is 10.9 Å². The van der Waals surface area contributed by atoms with Gasteiger partial charge < -0.3 is 9.30 Å². The monoisotopic (exact) mass is 293 g/mol. The van der Waals surface area contributed by atoms with E-state index >= 15 is 0 Å². The van der Waals surface area contributed by atoms with Crippen LogP contribution in [0.25, 0.3) is 10.9 Å². The molecule has 3 rings (SSSR count). The maximum atomic E-state index is 12.5. The average Bonchev–Trinajstić information content (AvgIpc) is 2.57. The molecule has 0 aliphatic heterocycles. The van der Waals surface area contributed by atoms with Crippen LogP contribution in [0.15, 0.2) is 59.4 Å². The molecule has 22 heavy (non-hydrogen) atoms. The van der Waals surface area contributed by atoms with E-state index in [0.29, 0.717) is 18.8 Å². The van der Waals surface area contributed by atoms with Gasteiger partial charge in [-0.25, -0.2) is 0 Å². The molecule has 0 saturated heterocycles. The molecule has 3 heteroatoms. The number of hydrogen-bond acceptors (Lipinski definition) is 2. The Morgan fingerprint density at radius 1 is 1.00 bits per heavy atom. The molecular weight excluding hydrogens is 274 g/mol. The molecule has 0 radical (unpaired) electrons. The van der Waals surface area contributed by atoms with Gasteiger partial charge in [0.05, 0.1) is 11.1 Å². The summed E-state index contributed by atoms with van der Waals surface area (Å²) in [4.78, 5) is 12.5. The van der Waals surface area contributed by atoms with Crippen molar-refractivity contribution in [2.75, 3.05) is 0 Å². The quantitative estimate of drug-likeness (QED) is 0.735. The van der Waals surface area contributed by atoms with Crippen molar-refractivity contribution in [3.05, 3.63) is 76.1 Å². The van der Waals surface area contributed by atoms with Gasteiger partial charge in [0.25, 0.3) is 5.56 Å².